The SMILES string of the molecule is CC(=O)c1ccccc1NC(=O)c1ccc(Cl)c(S(=O)(=O)N2CCCC2)c1. The molecule has 1 saturated heterocycles. The van der Waals surface area contributed by atoms with Crippen molar-refractivity contribution in [1.82, 2.24) is 4.31 Å². The summed E-state index contributed by atoms with van der Waals surface area (Å²) in [4.78, 5) is 24.2. The molecule has 0 unspecified atom stereocenters. The number of carbonyl (C=O) groups excluding carboxylic acids is 2. The molecule has 142 valence electrons. The van der Waals surface area contributed by atoms with E-state index in [1.54, 1.807) is 24.3 Å². The fourth-order valence-electron chi connectivity index (χ4n) is 3.00. The number of anilines is 1. The minimum atomic E-state index is -3.75. The number of ketones is 1. The molecule has 2 aromatic rings. The molecule has 0 bridgehead atoms. The minimum Gasteiger partial charge on any atom is -0.321 e. The molecule has 0 aliphatic carbocycles. The summed E-state index contributed by atoms with van der Waals surface area (Å²) in [5.74, 6) is -0.697. The Bertz CT molecular complexity index is 999. The Balaban J connectivity index is 1.92. The minimum absolute atomic E-state index is 0.0718. The Morgan fingerprint density at radius 1 is 1.07 bits per heavy atom. The largest absolute Gasteiger partial charge is 0.321 e. The third-order valence-electron chi connectivity index (χ3n) is 4.43. The molecule has 1 fully saturated rings. The fraction of sp³-hybridized carbons (Fsp3) is 0.263. The van der Waals surface area contributed by atoms with Crippen LogP contribution in [0, 0.1) is 0 Å². The number of hydrogen-bond donors (Lipinski definition) is 1. The highest BCUT2D eigenvalue weighted by molar-refractivity contribution is 7.89. The van der Waals surface area contributed by atoms with Crippen molar-refractivity contribution >= 4 is 39.0 Å². The molecule has 0 spiro atoms. The molecular formula is C19H19ClN2O4S. The van der Waals surface area contributed by atoms with Crippen LogP contribution >= 0.6 is 11.6 Å². The third-order valence-corrected chi connectivity index (χ3v) is 6.81. The van der Waals surface area contributed by atoms with Gasteiger partial charge in [-0.05, 0) is 50.1 Å². The van der Waals surface area contributed by atoms with E-state index in [0.717, 1.165) is 12.8 Å². The van der Waals surface area contributed by atoms with E-state index in [1.165, 1.54) is 29.4 Å². The Kier molecular flexibility index (Phi) is 5.64. The second-order valence-electron chi connectivity index (χ2n) is 6.31. The Morgan fingerprint density at radius 3 is 2.41 bits per heavy atom. The molecule has 1 heterocycles. The predicted molar refractivity (Wildman–Crippen MR) is 104 cm³/mol. The van der Waals surface area contributed by atoms with Crippen LogP contribution in [-0.4, -0.2) is 37.5 Å². The fourth-order valence-corrected chi connectivity index (χ4v) is 5.02. The number of para-hydroxylation sites is 1. The normalized spacial score (nSPS) is 14.9. The molecule has 0 atom stereocenters. The first-order chi connectivity index (χ1) is 12.8. The van der Waals surface area contributed by atoms with Crippen molar-refractivity contribution in [2.75, 3.05) is 18.4 Å². The molecule has 1 N–H and O–H groups in total. The highest BCUT2D eigenvalue weighted by Crippen LogP contribution is 2.28. The standard InChI is InChI=1S/C19H19ClN2O4S/c1-13(23)15-6-2-3-7-17(15)21-19(24)14-8-9-16(20)18(12-14)27(25,26)22-10-4-5-11-22/h2-3,6-9,12H,4-5,10-11H2,1H3,(H,21,24). The summed E-state index contributed by atoms with van der Waals surface area (Å²) in [6.07, 6.45) is 1.61. The number of benzene rings is 2. The van der Waals surface area contributed by atoms with Crippen molar-refractivity contribution in [3.05, 3.63) is 58.6 Å². The van der Waals surface area contributed by atoms with E-state index >= 15 is 0 Å². The number of sulfonamides is 1. The van der Waals surface area contributed by atoms with Crippen molar-refractivity contribution in [2.24, 2.45) is 0 Å². The zero-order valence-corrected chi connectivity index (χ0v) is 16.3. The quantitative estimate of drug-likeness (QED) is 0.769. The number of amides is 1. The molecule has 0 saturated carbocycles. The van der Waals surface area contributed by atoms with Crippen LogP contribution in [0.1, 0.15) is 40.5 Å². The first-order valence-corrected chi connectivity index (χ1v) is 10.3. The van der Waals surface area contributed by atoms with Gasteiger partial charge in [0, 0.05) is 24.2 Å². The van der Waals surface area contributed by atoms with Gasteiger partial charge in [0.1, 0.15) is 4.90 Å². The number of nitrogens with zero attached hydrogens (tertiary/aromatic N) is 1. The molecule has 1 aliphatic heterocycles. The smallest absolute Gasteiger partial charge is 0.255 e. The van der Waals surface area contributed by atoms with Gasteiger partial charge >= 0.3 is 0 Å². The van der Waals surface area contributed by atoms with E-state index < -0.39 is 15.9 Å². The Labute approximate surface area is 163 Å². The maximum atomic E-state index is 12.8. The summed E-state index contributed by atoms with van der Waals surface area (Å²) in [5.41, 5.74) is 0.897. The van der Waals surface area contributed by atoms with Gasteiger partial charge in [0.15, 0.2) is 5.78 Å². The molecule has 1 amide bonds. The molecule has 6 nitrogen and oxygen atoms in total. The first kappa shape index (κ1) is 19.5. The molecule has 8 heteroatoms. The molecule has 3 rings (SSSR count). The van der Waals surface area contributed by atoms with Crippen LogP contribution in [0.4, 0.5) is 5.69 Å². The maximum absolute atomic E-state index is 12.8. The predicted octanol–water partition coefficient (Wildman–Crippen LogP) is 3.58. The lowest BCUT2D eigenvalue weighted by Crippen LogP contribution is -2.28. The zero-order valence-electron chi connectivity index (χ0n) is 14.7. The van der Waals surface area contributed by atoms with Crippen LogP contribution in [-0.2, 0) is 10.0 Å². The van der Waals surface area contributed by atoms with Crippen LogP contribution in [0.25, 0.3) is 0 Å². The molecule has 1 aliphatic rings. The van der Waals surface area contributed by atoms with Crippen molar-refractivity contribution in [1.29, 1.82) is 0 Å². The van der Waals surface area contributed by atoms with Crippen molar-refractivity contribution in [3.63, 3.8) is 0 Å². The van der Waals surface area contributed by atoms with Gasteiger partial charge in [-0.15, -0.1) is 0 Å². The van der Waals surface area contributed by atoms with Gasteiger partial charge in [-0.25, -0.2) is 8.42 Å². The van der Waals surface area contributed by atoms with E-state index in [-0.39, 0.29) is 21.3 Å². The monoisotopic (exact) mass is 406 g/mol. The third kappa shape index (κ3) is 4.05. The van der Waals surface area contributed by atoms with Gasteiger partial charge in [-0.2, -0.15) is 4.31 Å². The molecule has 0 radical (unpaired) electrons. The van der Waals surface area contributed by atoms with Crippen molar-refractivity contribution in [3.8, 4) is 0 Å². The summed E-state index contributed by atoms with van der Waals surface area (Å²) >= 11 is 6.11. The lowest BCUT2D eigenvalue weighted by molar-refractivity contribution is 0.101. The first-order valence-electron chi connectivity index (χ1n) is 8.52. The summed E-state index contributed by atoms with van der Waals surface area (Å²) in [6, 6.07) is 10.8. The zero-order chi connectivity index (χ0) is 19.6. The maximum Gasteiger partial charge on any atom is 0.255 e. The number of nitrogens with one attached hydrogen (secondary N) is 1. The number of carbonyl (C=O) groups is 2. The highest BCUT2D eigenvalue weighted by atomic mass is 35.5. The number of rotatable bonds is 5. The molecule has 27 heavy (non-hydrogen) atoms. The Hall–Kier alpha value is -2.22. The van der Waals surface area contributed by atoms with Crippen LogP contribution < -0.4 is 5.32 Å². The van der Waals surface area contributed by atoms with Crippen LogP contribution in [0.5, 0.6) is 0 Å². The van der Waals surface area contributed by atoms with Gasteiger partial charge in [0.2, 0.25) is 10.0 Å². The van der Waals surface area contributed by atoms with E-state index in [0.29, 0.717) is 24.3 Å². The molecule has 2 aromatic carbocycles. The summed E-state index contributed by atoms with van der Waals surface area (Å²) in [7, 11) is -3.75. The van der Waals surface area contributed by atoms with Gasteiger partial charge in [0.25, 0.3) is 5.91 Å². The van der Waals surface area contributed by atoms with Crippen LogP contribution in [0.2, 0.25) is 5.02 Å². The van der Waals surface area contributed by atoms with E-state index in [4.69, 9.17) is 11.6 Å². The number of hydrogen-bond acceptors (Lipinski definition) is 4. The molecular weight excluding hydrogens is 388 g/mol. The Morgan fingerprint density at radius 2 is 1.74 bits per heavy atom. The number of Topliss-reactive ketones (excluding diaryl/α,β-unsaturated/α-hetero) is 1. The molecule has 0 aromatic heterocycles. The van der Waals surface area contributed by atoms with Gasteiger partial charge in [-0.1, -0.05) is 23.7 Å². The van der Waals surface area contributed by atoms with Crippen molar-refractivity contribution in [2.45, 2.75) is 24.7 Å². The van der Waals surface area contributed by atoms with E-state index in [9.17, 15) is 18.0 Å². The number of halogens is 1. The summed E-state index contributed by atoms with van der Waals surface area (Å²) in [5, 5.41) is 2.74. The highest BCUT2D eigenvalue weighted by Gasteiger charge is 2.29. The second-order valence-corrected chi connectivity index (χ2v) is 8.63. The van der Waals surface area contributed by atoms with E-state index in [1.807, 2.05) is 0 Å². The lowest BCUT2D eigenvalue weighted by Gasteiger charge is -2.17. The van der Waals surface area contributed by atoms with Gasteiger partial charge in [-0.3, -0.25) is 9.59 Å². The summed E-state index contributed by atoms with van der Waals surface area (Å²) in [6.45, 7) is 2.30. The lowest BCUT2D eigenvalue weighted by atomic mass is 10.1. The van der Waals surface area contributed by atoms with Gasteiger partial charge < -0.3 is 5.32 Å². The average molecular weight is 407 g/mol. The average Bonchev–Trinajstić information content (AvgIpc) is 3.17. The topological polar surface area (TPSA) is 83.5 Å². The summed E-state index contributed by atoms with van der Waals surface area (Å²) < 4.78 is 27.0. The van der Waals surface area contributed by atoms with Crippen LogP contribution in [0.15, 0.2) is 47.4 Å². The second kappa shape index (κ2) is 7.80. The van der Waals surface area contributed by atoms with E-state index in [2.05, 4.69) is 5.32 Å². The van der Waals surface area contributed by atoms with Crippen molar-refractivity contribution < 1.29 is 18.0 Å². The van der Waals surface area contributed by atoms with Gasteiger partial charge in [0.05, 0.1) is 10.7 Å². The van der Waals surface area contributed by atoms with Crippen LogP contribution in [0.3, 0.4) is 0 Å².